The van der Waals surface area contributed by atoms with Crippen LogP contribution < -0.4 is 25.5 Å². The number of hydrogen-bond acceptors (Lipinski definition) is 3. The van der Waals surface area contributed by atoms with Crippen molar-refractivity contribution in [2.45, 2.75) is 77.2 Å². The fraction of sp³-hybridized carbons (Fsp3) is 0.178. The molecule has 4 atom stereocenters. The summed E-state index contributed by atoms with van der Waals surface area (Å²) in [5.41, 5.74) is 25.3. The van der Waals surface area contributed by atoms with Crippen LogP contribution in [-0.4, -0.2) is 12.4 Å². The molecule has 3 heterocycles. The third kappa shape index (κ3) is 7.10. The second kappa shape index (κ2) is 17.9. The molecule has 4 unspecified atom stereocenters. The smallest absolute Gasteiger partial charge is 0.332 e. The molecule has 0 saturated carbocycles. The number of unbranched alkanes of at least 4 members (excludes halogenated alkanes) is 1. The maximum atomic E-state index is 2.82. The lowest BCUT2D eigenvalue weighted by Gasteiger charge is -2.58. The van der Waals surface area contributed by atoms with Crippen LogP contribution in [0.3, 0.4) is 0 Å². The van der Waals surface area contributed by atoms with Crippen molar-refractivity contribution in [3.05, 3.63) is 276 Å². The maximum absolute atomic E-state index is 2.82. The van der Waals surface area contributed by atoms with E-state index in [1.165, 1.54) is 112 Å². The fourth-order valence-electron chi connectivity index (χ4n) is 14.7. The predicted molar refractivity (Wildman–Crippen MR) is 326 cm³/mol. The molecule has 4 heteroatoms. The van der Waals surface area contributed by atoms with Gasteiger partial charge in [-0.25, -0.2) is 0 Å². The quantitative estimate of drug-likeness (QED) is 0.105. The van der Waals surface area contributed by atoms with E-state index in [9.17, 15) is 0 Å². The number of fused-ring (bicyclic) bond motifs is 6. The van der Waals surface area contributed by atoms with E-state index in [0.717, 1.165) is 24.9 Å². The SMILES string of the molecule is CCCCc1cc2c3c(c1)N(c1ccc(-c4ccccc4)cc1C)c1ccc4cc1B3N(C1=CC(C)(c3ccccc3)C3=C(C1C)C(C)(C=CC3(C)c1ccccc1)N4c1ccc(-c3ccccc3)cc1)c1ccccc1-2. The summed E-state index contributed by atoms with van der Waals surface area (Å²) in [4.78, 5) is 8.15. The summed E-state index contributed by atoms with van der Waals surface area (Å²) in [7, 11) is 0. The Balaban J connectivity index is 1.11. The molecule has 5 aliphatic rings. The molecule has 0 fully saturated rings. The molecule has 0 amide bonds. The molecule has 0 radical (unpaired) electrons. The summed E-state index contributed by atoms with van der Waals surface area (Å²) < 4.78 is 0. The van der Waals surface area contributed by atoms with Gasteiger partial charge in [0.25, 0.3) is 0 Å². The Morgan fingerprint density at radius 3 is 1.77 bits per heavy atom. The van der Waals surface area contributed by atoms with E-state index >= 15 is 0 Å². The molecule has 0 spiro atoms. The van der Waals surface area contributed by atoms with E-state index in [-0.39, 0.29) is 12.8 Å². The highest BCUT2D eigenvalue weighted by molar-refractivity contribution is 6.93. The molecule has 0 aromatic heterocycles. The first kappa shape index (κ1) is 47.1. The minimum atomic E-state index is -0.626. The van der Waals surface area contributed by atoms with Crippen LogP contribution in [-0.2, 0) is 17.3 Å². The summed E-state index contributed by atoms with van der Waals surface area (Å²) in [6.07, 6.45) is 11.2. The second-order valence-electron chi connectivity index (χ2n) is 22.9. The highest BCUT2D eigenvalue weighted by atomic mass is 15.2. The van der Waals surface area contributed by atoms with Crippen molar-refractivity contribution in [1.82, 2.24) is 0 Å². The van der Waals surface area contributed by atoms with Crippen LogP contribution in [0.5, 0.6) is 0 Å². The van der Waals surface area contributed by atoms with Crippen LogP contribution in [0.1, 0.15) is 69.7 Å². The summed E-state index contributed by atoms with van der Waals surface area (Å²) in [6.45, 7) is 14.5. The highest BCUT2D eigenvalue weighted by Crippen LogP contribution is 2.61. The van der Waals surface area contributed by atoms with Gasteiger partial charge in [0.1, 0.15) is 0 Å². The molecule has 9 aromatic rings. The van der Waals surface area contributed by atoms with Crippen molar-refractivity contribution in [1.29, 1.82) is 0 Å². The van der Waals surface area contributed by atoms with Gasteiger partial charge >= 0.3 is 6.85 Å². The average molecular weight is 994 g/mol. The predicted octanol–water partition coefficient (Wildman–Crippen LogP) is 17.3. The number of allylic oxidation sites excluding steroid dienone is 4. The molecule has 0 saturated heterocycles. The number of anilines is 6. The Morgan fingerprint density at radius 2 is 1.09 bits per heavy atom. The van der Waals surface area contributed by atoms with Gasteiger partial charge in [-0.2, -0.15) is 0 Å². The van der Waals surface area contributed by atoms with Gasteiger partial charge in [-0.15, -0.1) is 0 Å². The van der Waals surface area contributed by atoms with E-state index in [0.29, 0.717) is 0 Å². The average Bonchev–Trinajstić information content (AvgIpc) is 3.49. The first-order chi connectivity index (χ1) is 37.6. The molecule has 374 valence electrons. The lowest BCUT2D eigenvalue weighted by molar-refractivity contribution is 0.447. The van der Waals surface area contributed by atoms with Gasteiger partial charge in [-0.1, -0.05) is 202 Å². The maximum Gasteiger partial charge on any atom is 0.332 e. The standard InChI is InChI=1S/C73H64BN3/c1-7-8-23-51-45-61-60-32-21-22-33-64(60)77-67-48-72(5,57-30-19-12-20-31-57)70-68(50(67)3)73(6,43-42-71(70,4)56-28-17-11-18-29-56)76(58-37-34-54(35-38-58)52-24-13-9-14-25-52)59-39-41-65-62(47-59)74(77)69(61)66(46-51)75(65)63-40-36-55(44-49(63)2)53-26-15-10-16-27-53/h9-22,24-48,50H,7-8,23H2,1-6H3. The third-order valence-electron chi connectivity index (χ3n) is 18.2. The van der Waals surface area contributed by atoms with Crippen molar-refractivity contribution >= 4 is 51.9 Å². The minimum Gasteiger partial charge on any atom is -0.380 e. The molecular weight excluding hydrogens is 930 g/mol. The number of nitrogens with zero attached hydrogens (tertiary/aromatic N) is 3. The van der Waals surface area contributed by atoms with E-state index in [4.69, 9.17) is 0 Å². The summed E-state index contributed by atoms with van der Waals surface area (Å²) >= 11 is 0. The molecular formula is C73H64BN3. The van der Waals surface area contributed by atoms with E-state index in [1.807, 2.05) is 0 Å². The Labute approximate surface area is 456 Å². The third-order valence-corrected chi connectivity index (χ3v) is 18.2. The van der Waals surface area contributed by atoms with Crippen LogP contribution >= 0.6 is 0 Å². The minimum absolute atomic E-state index is 0.00832. The van der Waals surface area contributed by atoms with Crippen molar-refractivity contribution in [3.8, 4) is 33.4 Å². The van der Waals surface area contributed by atoms with Crippen LogP contribution in [0.2, 0.25) is 0 Å². The summed E-state index contributed by atoms with van der Waals surface area (Å²) in [5, 5.41) is 0. The zero-order chi connectivity index (χ0) is 52.2. The van der Waals surface area contributed by atoms with Crippen molar-refractivity contribution in [2.24, 2.45) is 5.92 Å². The molecule has 77 heavy (non-hydrogen) atoms. The number of rotatable bonds is 9. The molecule has 2 aliphatic carbocycles. The van der Waals surface area contributed by atoms with Gasteiger partial charge in [-0.3, -0.25) is 0 Å². The normalized spacial score (nSPS) is 21.4. The van der Waals surface area contributed by atoms with Crippen LogP contribution in [0.15, 0.2) is 253 Å². The van der Waals surface area contributed by atoms with Crippen molar-refractivity contribution in [2.75, 3.05) is 14.6 Å². The second-order valence-corrected chi connectivity index (χ2v) is 22.9. The van der Waals surface area contributed by atoms with Gasteiger partial charge in [0.2, 0.25) is 0 Å². The number of hydrogen-bond donors (Lipinski definition) is 0. The Bertz CT molecular complexity index is 3880. The first-order valence-electron chi connectivity index (χ1n) is 28.0. The molecule has 0 N–H and O–H groups in total. The largest absolute Gasteiger partial charge is 0.380 e. The first-order valence-corrected chi connectivity index (χ1v) is 28.0. The van der Waals surface area contributed by atoms with Gasteiger partial charge in [0, 0.05) is 62.1 Å². The molecule has 9 aromatic carbocycles. The van der Waals surface area contributed by atoms with Crippen LogP contribution in [0, 0.1) is 12.8 Å². The molecule has 3 aliphatic heterocycles. The monoisotopic (exact) mass is 994 g/mol. The van der Waals surface area contributed by atoms with Gasteiger partial charge in [0.15, 0.2) is 0 Å². The summed E-state index contributed by atoms with van der Waals surface area (Å²) in [6, 6.07) is 82.8. The molecule has 3 nitrogen and oxygen atoms in total. The highest BCUT2D eigenvalue weighted by Gasteiger charge is 2.57. The van der Waals surface area contributed by atoms with Gasteiger partial charge in [-0.05, 0) is 167 Å². The van der Waals surface area contributed by atoms with Crippen LogP contribution in [0.4, 0.5) is 34.1 Å². The summed E-state index contributed by atoms with van der Waals surface area (Å²) in [5.74, 6) is -0.00832. The Hall–Kier alpha value is -8.34. The van der Waals surface area contributed by atoms with Crippen molar-refractivity contribution < 1.29 is 0 Å². The van der Waals surface area contributed by atoms with Crippen molar-refractivity contribution in [3.63, 3.8) is 0 Å². The number of aryl methyl sites for hydroxylation is 2. The zero-order valence-electron chi connectivity index (χ0n) is 45.1. The fourth-order valence-corrected chi connectivity index (χ4v) is 14.7. The van der Waals surface area contributed by atoms with E-state index < -0.39 is 16.4 Å². The zero-order valence-corrected chi connectivity index (χ0v) is 45.1. The van der Waals surface area contributed by atoms with E-state index in [1.54, 1.807) is 0 Å². The van der Waals surface area contributed by atoms with E-state index in [2.05, 4.69) is 293 Å². The number of benzene rings is 9. The lowest BCUT2D eigenvalue weighted by Crippen LogP contribution is -2.65. The molecule has 4 bridgehead atoms. The van der Waals surface area contributed by atoms with Gasteiger partial charge < -0.3 is 14.6 Å². The molecule has 14 rings (SSSR count). The van der Waals surface area contributed by atoms with Gasteiger partial charge in [0.05, 0.1) is 5.54 Å². The lowest BCUT2D eigenvalue weighted by atomic mass is 9.42. The Morgan fingerprint density at radius 1 is 0.506 bits per heavy atom. The Kier molecular flexibility index (Phi) is 10.9. The topological polar surface area (TPSA) is 9.72 Å². The number of para-hydroxylation sites is 1. The van der Waals surface area contributed by atoms with Crippen LogP contribution in [0.25, 0.3) is 33.4 Å².